The Hall–Kier alpha value is -1.32. The Morgan fingerprint density at radius 2 is 1.71 bits per heavy atom. The van der Waals surface area contributed by atoms with Gasteiger partial charge in [0.05, 0.1) is 0 Å². The van der Waals surface area contributed by atoms with Crippen LogP contribution in [0.25, 0.3) is 0 Å². The molecule has 0 atom stereocenters. The maximum atomic E-state index is 12.1. The second kappa shape index (κ2) is 3.44. The van der Waals surface area contributed by atoms with E-state index in [-0.39, 0.29) is 5.56 Å². The first-order valence-corrected chi connectivity index (χ1v) is 4.05. The molecule has 0 bridgehead atoms. The van der Waals surface area contributed by atoms with Gasteiger partial charge in [0, 0.05) is 5.56 Å². The van der Waals surface area contributed by atoms with Crippen LogP contribution in [0.15, 0.2) is 18.2 Å². The van der Waals surface area contributed by atoms with E-state index in [9.17, 15) is 13.2 Å². The van der Waals surface area contributed by atoms with Crippen molar-refractivity contribution >= 4 is 5.71 Å². The number of benzene rings is 1. The Balaban J connectivity index is 3.10. The van der Waals surface area contributed by atoms with Crippen molar-refractivity contribution in [2.75, 3.05) is 0 Å². The molecule has 0 spiro atoms. The molecule has 1 rings (SSSR count). The summed E-state index contributed by atoms with van der Waals surface area (Å²) in [4.78, 5) is 0. The van der Waals surface area contributed by atoms with Gasteiger partial charge in [-0.2, -0.15) is 13.2 Å². The van der Waals surface area contributed by atoms with Crippen LogP contribution in [0.4, 0.5) is 13.2 Å². The lowest BCUT2D eigenvalue weighted by Crippen LogP contribution is -2.22. The number of rotatable bonds is 1. The lowest BCUT2D eigenvalue weighted by molar-refractivity contribution is -0.0587. The topological polar surface area (TPSA) is 23.9 Å². The van der Waals surface area contributed by atoms with E-state index in [4.69, 9.17) is 5.41 Å². The first-order valence-electron chi connectivity index (χ1n) is 4.05. The normalized spacial score (nSPS) is 11.5. The van der Waals surface area contributed by atoms with E-state index in [1.165, 1.54) is 12.1 Å². The summed E-state index contributed by atoms with van der Waals surface area (Å²) < 4.78 is 36.4. The number of aryl methyl sites for hydroxylation is 2. The van der Waals surface area contributed by atoms with Crippen LogP contribution in [0.5, 0.6) is 0 Å². The van der Waals surface area contributed by atoms with Crippen molar-refractivity contribution in [1.29, 1.82) is 5.41 Å². The van der Waals surface area contributed by atoms with Crippen molar-refractivity contribution in [2.45, 2.75) is 20.0 Å². The molecule has 0 heterocycles. The van der Waals surface area contributed by atoms with Crippen molar-refractivity contribution in [3.8, 4) is 0 Å². The Labute approximate surface area is 80.1 Å². The zero-order valence-corrected chi connectivity index (χ0v) is 7.87. The van der Waals surface area contributed by atoms with Crippen molar-refractivity contribution in [3.05, 3.63) is 34.9 Å². The molecule has 0 unspecified atom stereocenters. The number of nitrogens with one attached hydrogen (secondary N) is 1. The fourth-order valence-corrected chi connectivity index (χ4v) is 1.06. The highest BCUT2D eigenvalue weighted by Crippen LogP contribution is 2.22. The Bertz CT molecular complexity index is 366. The van der Waals surface area contributed by atoms with E-state index in [0.29, 0.717) is 0 Å². The lowest BCUT2D eigenvalue weighted by atomic mass is 10.0. The smallest absolute Gasteiger partial charge is 0.296 e. The van der Waals surface area contributed by atoms with E-state index >= 15 is 0 Å². The Morgan fingerprint density at radius 1 is 1.14 bits per heavy atom. The fraction of sp³-hybridized carbons (Fsp3) is 0.300. The summed E-state index contributed by atoms with van der Waals surface area (Å²) in [5.74, 6) is 0. The minimum atomic E-state index is -4.57. The molecule has 0 saturated carbocycles. The Morgan fingerprint density at radius 3 is 2.14 bits per heavy atom. The average molecular weight is 201 g/mol. The van der Waals surface area contributed by atoms with E-state index < -0.39 is 11.9 Å². The van der Waals surface area contributed by atoms with Gasteiger partial charge in [-0.25, -0.2) is 0 Å². The largest absolute Gasteiger partial charge is 0.433 e. The van der Waals surface area contributed by atoms with E-state index in [2.05, 4.69) is 0 Å². The van der Waals surface area contributed by atoms with E-state index in [1.807, 2.05) is 6.92 Å². The van der Waals surface area contributed by atoms with Crippen LogP contribution < -0.4 is 0 Å². The van der Waals surface area contributed by atoms with Gasteiger partial charge in [0.15, 0.2) is 0 Å². The van der Waals surface area contributed by atoms with Gasteiger partial charge in [0.25, 0.3) is 0 Å². The predicted octanol–water partition coefficient (Wildman–Crippen LogP) is 3.23. The van der Waals surface area contributed by atoms with Gasteiger partial charge in [-0.05, 0) is 31.0 Å². The van der Waals surface area contributed by atoms with E-state index in [1.54, 1.807) is 13.0 Å². The zero-order valence-electron chi connectivity index (χ0n) is 7.87. The van der Waals surface area contributed by atoms with Crippen molar-refractivity contribution < 1.29 is 13.2 Å². The SMILES string of the molecule is Cc1ccc(C(=N)C(F)(F)F)cc1C. The minimum Gasteiger partial charge on any atom is -0.296 e. The highest BCUT2D eigenvalue weighted by atomic mass is 19.4. The molecule has 0 aromatic heterocycles. The van der Waals surface area contributed by atoms with Crippen molar-refractivity contribution in [3.63, 3.8) is 0 Å². The first kappa shape index (κ1) is 10.8. The third-order valence-corrected chi connectivity index (χ3v) is 2.08. The van der Waals surface area contributed by atoms with Gasteiger partial charge < -0.3 is 0 Å². The van der Waals surface area contributed by atoms with E-state index in [0.717, 1.165) is 11.1 Å². The van der Waals surface area contributed by atoms with Crippen molar-refractivity contribution in [1.82, 2.24) is 0 Å². The minimum absolute atomic E-state index is 0.0828. The van der Waals surface area contributed by atoms with Gasteiger partial charge >= 0.3 is 6.18 Å². The molecule has 1 nitrogen and oxygen atoms in total. The summed E-state index contributed by atoms with van der Waals surface area (Å²) >= 11 is 0. The van der Waals surface area contributed by atoms with Crippen LogP contribution >= 0.6 is 0 Å². The summed E-state index contributed by atoms with van der Waals surface area (Å²) in [6.07, 6.45) is -4.57. The third kappa shape index (κ3) is 2.13. The molecule has 0 saturated heterocycles. The molecule has 0 amide bonds. The number of halogens is 3. The molecule has 76 valence electrons. The summed E-state index contributed by atoms with van der Waals surface area (Å²) in [5.41, 5.74) is 0.307. The summed E-state index contributed by atoms with van der Waals surface area (Å²) in [6, 6.07) is 4.29. The molecule has 1 aromatic carbocycles. The van der Waals surface area contributed by atoms with Crippen LogP contribution in [0.3, 0.4) is 0 Å². The zero-order chi connectivity index (χ0) is 10.9. The molecule has 0 radical (unpaired) electrons. The molecular formula is C10H10F3N. The van der Waals surface area contributed by atoms with Crippen LogP contribution in [0.1, 0.15) is 16.7 Å². The number of alkyl halides is 3. The highest BCUT2D eigenvalue weighted by Gasteiger charge is 2.35. The average Bonchev–Trinajstić information content (AvgIpc) is 2.07. The molecule has 4 heteroatoms. The summed E-state index contributed by atoms with van der Waals surface area (Å²) in [6.45, 7) is 3.54. The first-order chi connectivity index (χ1) is 6.32. The second-order valence-electron chi connectivity index (χ2n) is 3.17. The summed E-state index contributed by atoms with van der Waals surface area (Å²) in [7, 11) is 0. The Kier molecular flexibility index (Phi) is 2.64. The maximum Gasteiger partial charge on any atom is 0.433 e. The van der Waals surface area contributed by atoms with Crippen LogP contribution in [0, 0.1) is 19.3 Å². The monoisotopic (exact) mass is 201 g/mol. The lowest BCUT2D eigenvalue weighted by Gasteiger charge is -2.09. The highest BCUT2D eigenvalue weighted by molar-refractivity contribution is 6.02. The molecule has 1 aromatic rings. The molecule has 0 fully saturated rings. The standard InChI is InChI=1S/C10H10F3N/c1-6-3-4-8(5-7(6)2)9(14)10(11,12)13/h3-5,14H,1-2H3. The van der Waals surface area contributed by atoms with Gasteiger partial charge in [0.2, 0.25) is 0 Å². The predicted molar refractivity (Wildman–Crippen MR) is 48.8 cm³/mol. The molecule has 14 heavy (non-hydrogen) atoms. The second-order valence-corrected chi connectivity index (χ2v) is 3.17. The van der Waals surface area contributed by atoms with Crippen LogP contribution in [-0.4, -0.2) is 11.9 Å². The van der Waals surface area contributed by atoms with Crippen molar-refractivity contribution in [2.24, 2.45) is 0 Å². The van der Waals surface area contributed by atoms with Gasteiger partial charge in [-0.3, -0.25) is 5.41 Å². The van der Waals surface area contributed by atoms with Crippen LogP contribution in [0.2, 0.25) is 0 Å². The van der Waals surface area contributed by atoms with Gasteiger partial charge in [-0.15, -0.1) is 0 Å². The van der Waals surface area contributed by atoms with Gasteiger partial charge in [-0.1, -0.05) is 12.1 Å². The fourth-order valence-electron chi connectivity index (χ4n) is 1.06. The van der Waals surface area contributed by atoms with Gasteiger partial charge in [0.1, 0.15) is 5.71 Å². The molecule has 0 aliphatic heterocycles. The maximum absolute atomic E-state index is 12.1. The molecule has 1 N–H and O–H groups in total. The summed E-state index contributed by atoms with van der Waals surface area (Å²) in [5, 5.41) is 6.92. The quantitative estimate of drug-likeness (QED) is 0.674. The third-order valence-electron chi connectivity index (χ3n) is 2.08. The molecular weight excluding hydrogens is 191 g/mol. The molecule has 0 aliphatic carbocycles. The molecule has 0 aliphatic rings. The number of hydrogen-bond acceptors (Lipinski definition) is 1. The number of hydrogen-bond donors (Lipinski definition) is 1. The van der Waals surface area contributed by atoms with Crippen LogP contribution in [-0.2, 0) is 0 Å².